The molecule has 3 rings (SSSR count). The van der Waals surface area contributed by atoms with Gasteiger partial charge < -0.3 is 10.2 Å². The lowest BCUT2D eigenvalue weighted by atomic mass is 10.1. The van der Waals surface area contributed by atoms with E-state index in [1.807, 2.05) is 24.3 Å². The molecule has 1 unspecified atom stereocenters. The minimum absolute atomic E-state index is 0.106. The van der Waals surface area contributed by atoms with E-state index in [9.17, 15) is 18.0 Å². The van der Waals surface area contributed by atoms with Crippen molar-refractivity contribution in [2.75, 3.05) is 17.1 Å². The highest BCUT2D eigenvalue weighted by Gasteiger charge is 2.31. The van der Waals surface area contributed by atoms with Crippen LogP contribution < -0.4 is 9.62 Å². The van der Waals surface area contributed by atoms with Gasteiger partial charge >= 0.3 is 0 Å². The van der Waals surface area contributed by atoms with Crippen LogP contribution >= 0.6 is 27.5 Å². The lowest BCUT2D eigenvalue weighted by molar-refractivity contribution is -0.139. The Hall–Kier alpha value is -2.10. The average molecular weight is 585 g/mol. The number of hydrogen-bond donors (Lipinski definition) is 1. The highest BCUT2D eigenvalue weighted by atomic mass is 79.9. The fourth-order valence-corrected chi connectivity index (χ4v) is 5.76. The van der Waals surface area contributed by atoms with Crippen LogP contribution in [0.15, 0.2) is 46.9 Å². The zero-order valence-corrected chi connectivity index (χ0v) is 23.3. The van der Waals surface area contributed by atoms with Crippen LogP contribution in [0.5, 0.6) is 0 Å². The van der Waals surface area contributed by atoms with Gasteiger partial charge in [-0.15, -0.1) is 0 Å². The Kier molecular flexibility index (Phi) is 9.23. The maximum absolute atomic E-state index is 13.6. The van der Waals surface area contributed by atoms with Crippen molar-refractivity contribution in [3.63, 3.8) is 0 Å². The number of carbonyl (C=O) groups excluding carboxylic acids is 2. The monoisotopic (exact) mass is 583 g/mol. The first kappa shape index (κ1) is 27.5. The zero-order chi connectivity index (χ0) is 25.8. The maximum atomic E-state index is 13.6. The molecule has 2 amide bonds. The molecule has 35 heavy (non-hydrogen) atoms. The minimum atomic E-state index is -3.81. The number of benzene rings is 2. The summed E-state index contributed by atoms with van der Waals surface area (Å²) in [5, 5.41) is 3.41. The van der Waals surface area contributed by atoms with Gasteiger partial charge in [0, 0.05) is 22.1 Å². The van der Waals surface area contributed by atoms with E-state index >= 15 is 0 Å². The van der Waals surface area contributed by atoms with E-state index < -0.39 is 28.5 Å². The van der Waals surface area contributed by atoms with Crippen LogP contribution in [0.1, 0.15) is 43.7 Å². The quantitative estimate of drug-likeness (QED) is 0.465. The summed E-state index contributed by atoms with van der Waals surface area (Å²) in [5.41, 5.74) is 1.81. The van der Waals surface area contributed by atoms with Gasteiger partial charge in [-0.3, -0.25) is 13.9 Å². The number of aryl methyl sites for hydroxylation is 1. The molecule has 0 radical (unpaired) electrons. The van der Waals surface area contributed by atoms with Crippen LogP contribution in [-0.2, 0) is 26.2 Å². The Balaban J connectivity index is 1.91. The highest BCUT2D eigenvalue weighted by molar-refractivity contribution is 9.10. The summed E-state index contributed by atoms with van der Waals surface area (Å²) in [6.07, 6.45) is 5.04. The van der Waals surface area contributed by atoms with E-state index in [2.05, 4.69) is 21.2 Å². The first-order valence-corrected chi connectivity index (χ1v) is 14.6. The number of nitrogens with one attached hydrogen (secondary N) is 1. The second-order valence-corrected chi connectivity index (χ2v) is 12.3. The third-order valence-electron chi connectivity index (χ3n) is 6.23. The van der Waals surface area contributed by atoms with Crippen molar-refractivity contribution in [1.82, 2.24) is 10.2 Å². The minimum Gasteiger partial charge on any atom is -0.352 e. The Labute approximate surface area is 221 Å². The Morgan fingerprint density at radius 2 is 1.86 bits per heavy atom. The molecule has 1 N–H and O–H groups in total. The van der Waals surface area contributed by atoms with Crippen molar-refractivity contribution < 1.29 is 18.0 Å². The predicted molar refractivity (Wildman–Crippen MR) is 143 cm³/mol. The largest absolute Gasteiger partial charge is 0.352 e. The molecule has 1 fully saturated rings. The van der Waals surface area contributed by atoms with E-state index in [-0.39, 0.29) is 18.5 Å². The third kappa shape index (κ3) is 7.44. The van der Waals surface area contributed by atoms with Gasteiger partial charge in [-0.05, 0) is 62.1 Å². The summed E-state index contributed by atoms with van der Waals surface area (Å²) < 4.78 is 27.3. The standard InChI is InChI=1S/C25H31BrClN3O4S/c1-17-11-12-21(27)14-23(17)30(35(3,33)34)16-24(31)29(15-19-7-6-8-20(26)13-19)18(2)25(32)28-22-9-4-5-10-22/h6-8,11-14,18,22H,4-5,9-10,15-16H2,1-3H3,(H,28,32). The molecule has 2 aromatic carbocycles. The summed E-state index contributed by atoms with van der Waals surface area (Å²) in [7, 11) is -3.81. The van der Waals surface area contributed by atoms with Gasteiger partial charge in [-0.2, -0.15) is 0 Å². The first-order chi connectivity index (χ1) is 16.5. The van der Waals surface area contributed by atoms with Gasteiger partial charge in [0.1, 0.15) is 12.6 Å². The molecule has 0 aromatic heterocycles. The Bertz CT molecular complexity index is 1180. The Morgan fingerprint density at radius 1 is 1.17 bits per heavy atom. The van der Waals surface area contributed by atoms with Crippen molar-refractivity contribution in [1.29, 1.82) is 0 Å². The normalized spacial score (nSPS) is 15.0. The Morgan fingerprint density at radius 3 is 2.49 bits per heavy atom. The molecule has 0 saturated heterocycles. The van der Waals surface area contributed by atoms with Crippen LogP contribution in [0.25, 0.3) is 0 Å². The molecular weight excluding hydrogens is 554 g/mol. The lowest BCUT2D eigenvalue weighted by Gasteiger charge is -2.32. The molecule has 10 heteroatoms. The molecule has 1 saturated carbocycles. The molecular formula is C25H31BrClN3O4S. The van der Waals surface area contributed by atoms with Crippen molar-refractivity contribution in [2.24, 2.45) is 0 Å². The van der Waals surface area contributed by atoms with Crippen LogP contribution in [0.2, 0.25) is 5.02 Å². The molecule has 0 bridgehead atoms. The van der Waals surface area contributed by atoms with E-state index in [1.54, 1.807) is 26.0 Å². The van der Waals surface area contributed by atoms with E-state index in [0.717, 1.165) is 46.3 Å². The molecule has 7 nitrogen and oxygen atoms in total. The molecule has 2 aromatic rings. The van der Waals surface area contributed by atoms with E-state index in [0.29, 0.717) is 16.3 Å². The van der Waals surface area contributed by atoms with Gasteiger partial charge in [0.2, 0.25) is 21.8 Å². The predicted octanol–water partition coefficient (Wildman–Crippen LogP) is 4.65. The molecule has 190 valence electrons. The topological polar surface area (TPSA) is 86.8 Å². The van der Waals surface area contributed by atoms with E-state index in [1.165, 1.54) is 11.0 Å². The van der Waals surface area contributed by atoms with Crippen molar-refractivity contribution in [3.05, 3.63) is 63.1 Å². The number of nitrogens with zero attached hydrogens (tertiary/aromatic N) is 2. The summed E-state index contributed by atoms with van der Waals surface area (Å²) >= 11 is 9.57. The summed E-state index contributed by atoms with van der Waals surface area (Å²) in [6, 6.07) is 11.7. The fourth-order valence-electron chi connectivity index (χ4n) is 4.25. The third-order valence-corrected chi connectivity index (χ3v) is 8.08. The number of hydrogen-bond acceptors (Lipinski definition) is 4. The maximum Gasteiger partial charge on any atom is 0.244 e. The van der Waals surface area contributed by atoms with Gasteiger partial charge in [-0.1, -0.05) is 58.6 Å². The van der Waals surface area contributed by atoms with Crippen LogP contribution in [-0.4, -0.2) is 50.0 Å². The molecule has 0 spiro atoms. The summed E-state index contributed by atoms with van der Waals surface area (Å²) in [6.45, 7) is 3.14. The number of sulfonamides is 1. The first-order valence-electron chi connectivity index (χ1n) is 11.5. The second kappa shape index (κ2) is 11.8. The number of halogens is 2. The highest BCUT2D eigenvalue weighted by Crippen LogP contribution is 2.27. The van der Waals surface area contributed by atoms with Crippen LogP contribution in [0.4, 0.5) is 5.69 Å². The van der Waals surface area contributed by atoms with Crippen molar-refractivity contribution in [2.45, 2.75) is 58.2 Å². The fraction of sp³-hybridized carbons (Fsp3) is 0.440. The summed E-state index contributed by atoms with van der Waals surface area (Å²) in [4.78, 5) is 28.2. The lowest BCUT2D eigenvalue weighted by Crippen LogP contribution is -2.52. The smallest absolute Gasteiger partial charge is 0.244 e. The zero-order valence-electron chi connectivity index (χ0n) is 20.1. The van der Waals surface area contributed by atoms with E-state index in [4.69, 9.17) is 11.6 Å². The molecule has 0 aliphatic heterocycles. The molecule has 1 aliphatic carbocycles. The second-order valence-electron chi connectivity index (χ2n) is 9.02. The van der Waals surface area contributed by atoms with Gasteiger partial charge in [0.15, 0.2) is 0 Å². The summed E-state index contributed by atoms with van der Waals surface area (Å²) in [5.74, 6) is -0.728. The number of anilines is 1. The molecule has 0 heterocycles. The molecule has 1 aliphatic rings. The van der Waals surface area contributed by atoms with Crippen LogP contribution in [0.3, 0.4) is 0 Å². The van der Waals surface area contributed by atoms with Gasteiger partial charge in [0.05, 0.1) is 11.9 Å². The van der Waals surface area contributed by atoms with Crippen LogP contribution in [0, 0.1) is 6.92 Å². The number of amides is 2. The van der Waals surface area contributed by atoms with Gasteiger partial charge in [-0.25, -0.2) is 8.42 Å². The SMILES string of the molecule is Cc1ccc(Cl)cc1N(CC(=O)N(Cc1cccc(Br)c1)C(C)C(=O)NC1CCCC1)S(C)(=O)=O. The average Bonchev–Trinajstić information content (AvgIpc) is 3.29. The van der Waals surface area contributed by atoms with Gasteiger partial charge in [0.25, 0.3) is 0 Å². The number of carbonyl (C=O) groups is 2. The molecule has 1 atom stereocenters. The van der Waals surface area contributed by atoms with Crippen molar-refractivity contribution in [3.8, 4) is 0 Å². The van der Waals surface area contributed by atoms with Crippen molar-refractivity contribution >= 4 is 55.1 Å². The number of rotatable bonds is 9.